The van der Waals surface area contributed by atoms with Gasteiger partial charge < -0.3 is 9.47 Å². The summed E-state index contributed by atoms with van der Waals surface area (Å²) in [6.45, 7) is 1.11. The maximum absolute atomic E-state index is 13.8. The van der Waals surface area contributed by atoms with Crippen molar-refractivity contribution >= 4 is 54.2 Å². The summed E-state index contributed by atoms with van der Waals surface area (Å²) in [5.74, 6) is -2.41. The van der Waals surface area contributed by atoms with E-state index in [2.05, 4.69) is 0 Å². The van der Waals surface area contributed by atoms with Gasteiger partial charge in [0.1, 0.15) is 11.3 Å². The molecule has 8 nitrogen and oxygen atoms in total. The molecule has 0 N–H and O–H groups in total. The number of carbonyl (C=O) groups excluding carboxylic acids is 1. The van der Waals surface area contributed by atoms with Crippen LogP contribution in [0.5, 0.6) is 5.75 Å². The van der Waals surface area contributed by atoms with Crippen molar-refractivity contribution in [3.63, 3.8) is 0 Å². The van der Waals surface area contributed by atoms with Gasteiger partial charge in [-0.15, -0.1) is 0 Å². The Balaban J connectivity index is 1.37. The van der Waals surface area contributed by atoms with Crippen LogP contribution in [0.4, 0.5) is 13.9 Å². The van der Waals surface area contributed by atoms with Crippen LogP contribution in [-0.2, 0) is 19.6 Å². The largest absolute Gasteiger partial charge is 0.494 e. The van der Waals surface area contributed by atoms with Gasteiger partial charge in [-0.05, 0) is 56.0 Å². The Morgan fingerprint density at radius 3 is 2.63 bits per heavy atom. The van der Waals surface area contributed by atoms with E-state index in [-0.39, 0.29) is 42.8 Å². The van der Waals surface area contributed by atoms with Crippen molar-refractivity contribution < 1.29 is 31.5 Å². The number of carbonyl (C=O) groups is 1. The highest BCUT2D eigenvalue weighted by Crippen LogP contribution is 2.40. The number of methoxy groups -OCH3 is 1. The van der Waals surface area contributed by atoms with Crippen LogP contribution in [0, 0.1) is 17.6 Å². The molecule has 0 radical (unpaired) electrons. The molecule has 0 spiro atoms. The average Bonchev–Trinajstić information content (AvgIpc) is 3.59. The number of rotatable bonds is 7. The average molecular weight is 586 g/mol. The molecule has 1 atom stereocenters. The third-order valence-corrected chi connectivity index (χ3v) is 10.3. The molecule has 3 aromatic rings. The number of hydrogen-bond acceptors (Lipinski definition) is 7. The van der Waals surface area contributed by atoms with Crippen LogP contribution in [-0.4, -0.2) is 63.1 Å². The van der Waals surface area contributed by atoms with Gasteiger partial charge in [0.05, 0.1) is 34.4 Å². The van der Waals surface area contributed by atoms with Crippen LogP contribution in [0.15, 0.2) is 35.2 Å². The summed E-state index contributed by atoms with van der Waals surface area (Å²) >= 11 is 7.71. The van der Waals surface area contributed by atoms with E-state index in [1.807, 2.05) is 0 Å². The first-order valence-corrected chi connectivity index (χ1v) is 14.8. The van der Waals surface area contributed by atoms with Gasteiger partial charge in [-0.1, -0.05) is 22.9 Å². The molecule has 3 heterocycles. The number of piperidine rings is 1. The molecule has 204 valence electrons. The normalized spacial score (nSPS) is 19.2. The first-order valence-electron chi connectivity index (χ1n) is 12.2. The van der Waals surface area contributed by atoms with Gasteiger partial charge in [-0.2, -0.15) is 4.31 Å². The summed E-state index contributed by atoms with van der Waals surface area (Å²) in [5.41, 5.74) is 0.567. The number of halogens is 3. The van der Waals surface area contributed by atoms with Crippen LogP contribution in [0.1, 0.15) is 25.7 Å². The standard InChI is InChI=1S/C25H26ClF2N3O5S2/c1-35-21-7-5-18(26)23-22(21)29-25(37-23)31(14-16-3-2-12-36-16)24(32)15-8-10-30(11-9-15)38(33,34)17-4-6-19(27)20(28)13-17/h4-7,13,15-16H,2-3,8-12,14H2,1H3. The Bertz CT molecular complexity index is 1450. The van der Waals surface area contributed by atoms with E-state index in [4.69, 9.17) is 26.1 Å². The molecule has 13 heteroatoms. The maximum atomic E-state index is 13.8. The van der Waals surface area contributed by atoms with Crippen molar-refractivity contribution in [2.24, 2.45) is 5.92 Å². The van der Waals surface area contributed by atoms with Crippen LogP contribution >= 0.6 is 22.9 Å². The summed E-state index contributed by atoms with van der Waals surface area (Å²) in [6, 6.07) is 5.96. The fourth-order valence-electron chi connectivity index (χ4n) is 4.83. The molecule has 2 saturated heterocycles. The number of aromatic nitrogens is 1. The molecule has 1 unspecified atom stereocenters. The van der Waals surface area contributed by atoms with E-state index >= 15 is 0 Å². The number of hydrogen-bond donors (Lipinski definition) is 0. The number of ether oxygens (including phenoxy) is 2. The second-order valence-corrected chi connectivity index (χ2v) is 12.6. The number of nitrogens with zero attached hydrogens (tertiary/aromatic N) is 3. The predicted molar refractivity (Wildman–Crippen MR) is 140 cm³/mol. The Morgan fingerprint density at radius 2 is 1.97 bits per heavy atom. The molecule has 0 aliphatic carbocycles. The smallest absolute Gasteiger partial charge is 0.243 e. The molecule has 2 aliphatic heterocycles. The zero-order valence-corrected chi connectivity index (χ0v) is 22.9. The monoisotopic (exact) mass is 585 g/mol. The summed E-state index contributed by atoms with van der Waals surface area (Å²) in [5, 5.41) is 0.980. The molecule has 0 bridgehead atoms. The topological polar surface area (TPSA) is 89.0 Å². The Hall–Kier alpha value is -2.38. The molecule has 1 amide bonds. The van der Waals surface area contributed by atoms with Gasteiger partial charge in [0, 0.05) is 25.6 Å². The Labute approximate surface area is 228 Å². The lowest BCUT2D eigenvalue weighted by Crippen LogP contribution is -2.46. The molecular formula is C25H26ClF2N3O5S2. The minimum atomic E-state index is -4.03. The third-order valence-electron chi connectivity index (χ3n) is 6.91. The third kappa shape index (κ3) is 5.24. The lowest BCUT2D eigenvalue weighted by atomic mass is 9.96. The molecule has 38 heavy (non-hydrogen) atoms. The molecule has 0 saturated carbocycles. The highest BCUT2D eigenvalue weighted by Gasteiger charge is 2.36. The lowest BCUT2D eigenvalue weighted by molar-refractivity contribution is -0.123. The van der Waals surface area contributed by atoms with E-state index in [0.29, 0.717) is 45.3 Å². The fraction of sp³-hybridized carbons (Fsp3) is 0.440. The summed E-state index contributed by atoms with van der Waals surface area (Å²) in [6.07, 6.45) is 2.16. The number of amides is 1. The minimum Gasteiger partial charge on any atom is -0.494 e. The number of benzene rings is 2. The van der Waals surface area contributed by atoms with Crippen molar-refractivity contribution in [1.82, 2.24) is 9.29 Å². The molecular weight excluding hydrogens is 560 g/mol. The highest BCUT2D eigenvalue weighted by atomic mass is 35.5. The SMILES string of the molecule is COc1ccc(Cl)c2sc(N(CC3CCCO3)C(=O)C3CCN(S(=O)(=O)c4ccc(F)c(F)c4)CC3)nc12. The van der Waals surface area contributed by atoms with E-state index in [1.165, 1.54) is 15.6 Å². The van der Waals surface area contributed by atoms with Crippen LogP contribution in [0.3, 0.4) is 0 Å². The van der Waals surface area contributed by atoms with Crippen molar-refractivity contribution in [3.05, 3.63) is 47.0 Å². The predicted octanol–water partition coefficient (Wildman–Crippen LogP) is 4.85. The van der Waals surface area contributed by atoms with Crippen molar-refractivity contribution in [3.8, 4) is 5.75 Å². The van der Waals surface area contributed by atoms with E-state index in [9.17, 15) is 22.0 Å². The van der Waals surface area contributed by atoms with Crippen LogP contribution in [0.25, 0.3) is 10.2 Å². The molecule has 2 aliphatic rings. The van der Waals surface area contributed by atoms with E-state index in [1.54, 1.807) is 24.1 Å². The fourth-order valence-corrected chi connectivity index (χ4v) is 7.58. The summed E-state index contributed by atoms with van der Waals surface area (Å²) in [7, 11) is -2.49. The zero-order chi connectivity index (χ0) is 27.0. The van der Waals surface area contributed by atoms with Gasteiger partial charge in [0.2, 0.25) is 15.9 Å². The molecule has 2 fully saturated rings. The highest BCUT2D eigenvalue weighted by molar-refractivity contribution is 7.89. The Morgan fingerprint density at radius 1 is 1.21 bits per heavy atom. The van der Waals surface area contributed by atoms with Crippen molar-refractivity contribution in [1.29, 1.82) is 0 Å². The van der Waals surface area contributed by atoms with Gasteiger partial charge in [-0.3, -0.25) is 9.69 Å². The lowest BCUT2D eigenvalue weighted by Gasteiger charge is -2.33. The number of anilines is 1. The van der Waals surface area contributed by atoms with Gasteiger partial charge >= 0.3 is 0 Å². The van der Waals surface area contributed by atoms with Crippen molar-refractivity contribution in [2.45, 2.75) is 36.7 Å². The molecule has 5 rings (SSSR count). The number of sulfonamides is 1. The van der Waals surface area contributed by atoms with Gasteiger partial charge in [0.25, 0.3) is 0 Å². The minimum absolute atomic E-state index is 0.0744. The van der Waals surface area contributed by atoms with Crippen molar-refractivity contribution in [2.75, 3.05) is 38.3 Å². The van der Waals surface area contributed by atoms with Gasteiger partial charge in [-0.25, -0.2) is 22.2 Å². The summed E-state index contributed by atoms with van der Waals surface area (Å²) < 4.78 is 66.1. The molecule has 2 aromatic carbocycles. The second kappa shape index (κ2) is 11.0. The number of thiazole rings is 1. The molecule has 1 aromatic heterocycles. The van der Waals surface area contributed by atoms with Crippen LogP contribution in [0.2, 0.25) is 5.02 Å². The van der Waals surface area contributed by atoms with Crippen LogP contribution < -0.4 is 9.64 Å². The second-order valence-electron chi connectivity index (χ2n) is 9.26. The Kier molecular flexibility index (Phi) is 7.88. The quantitative estimate of drug-likeness (QED) is 0.394. The van der Waals surface area contributed by atoms with E-state index < -0.39 is 27.6 Å². The van der Waals surface area contributed by atoms with Gasteiger partial charge in [0.15, 0.2) is 16.8 Å². The maximum Gasteiger partial charge on any atom is 0.243 e. The van der Waals surface area contributed by atoms with E-state index in [0.717, 1.165) is 25.0 Å². The summed E-state index contributed by atoms with van der Waals surface area (Å²) in [4.78, 5) is 19.8. The zero-order valence-electron chi connectivity index (χ0n) is 20.5. The first-order chi connectivity index (χ1) is 18.2. The first kappa shape index (κ1) is 27.2. The number of fused-ring (bicyclic) bond motifs is 1.